The average Bonchev–Trinajstić information content (AvgIpc) is 2.55. The first-order valence-corrected chi connectivity index (χ1v) is 6.50. The SMILES string of the molecule is CCc1nn(CC)c(CNCC(C)Cl)c1Cl. The molecule has 1 atom stereocenters. The fourth-order valence-electron chi connectivity index (χ4n) is 1.58. The van der Waals surface area contributed by atoms with Gasteiger partial charge in [0.1, 0.15) is 0 Å². The first kappa shape index (κ1) is 13.8. The normalized spacial score (nSPS) is 13.1. The van der Waals surface area contributed by atoms with Crippen LogP contribution in [0.2, 0.25) is 5.02 Å². The molecule has 0 bridgehead atoms. The maximum atomic E-state index is 6.27. The topological polar surface area (TPSA) is 29.9 Å². The minimum atomic E-state index is 0.127. The number of aryl methyl sites for hydroxylation is 2. The minimum absolute atomic E-state index is 0.127. The van der Waals surface area contributed by atoms with Gasteiger partial charge in [-0.3, -0.25) is 4.68 Å². The third-order valence-corrected chi connectivity index (χ3v) is 3.00. The quantitative estimate of drug-likeness (QED) is 0.801. The van der Waals surface area contributed by atoms with Crippen molar-refractivity contribution in [3.05, 3.63) is 16.4 Å². The molecule has 1 rings (SSSR count). The van der Waals surface area contributed by atoms with E-state index in [2.05, 4.69) is 24.3 Å². The van der Waals surface area contributed by atoms with Crippen molar-refractivity contribution >= 4 is 23.2 Å². The molecule has 5 heteroatoms. The van der Waals surface area contributed by atoms with E-state index in [-0.39, 0.29) is 5.38 Å². The number of rotatable bonds is 6. The van der Waals surface area contributed by atoms with E-state index in [1.54, 1.807) is 0 Å². The smallest absolute Gasteiger partial charge is 0.0863 e. The fraction of sp³-hybridized carbons (Fsp3) is 0.727. The molecule has 16 heavy (non-hydrogen) atoms. The molecule has 0 fully saturated rings. The number of alkyl halides is 1. The van der Waals surface area contributed by atoms with Crippen LogP contribution >= 0.6 is 23.2 Å². The maximum absolute atomic E-state index is 6.27. The lowest BCUT2D eigenvalue weighted by Crippen LogP contribution is -2.22. The molecule has 0 aliphatic rings. The summed E-state index contributed by atoms with van der Waals surface area (Å²) in [6.07, 6.45) is 0.866. The van der Waals surface area contributed by atoms with E-state index in [0.717, 1.165) is 42.5 Å². The molecule has 1 aromatic rings. The van der Waals surface area contributed by atoms with Crippen LogP contribution < -0.4 is 5.32 Å². The van der Waals surface area contributed by atoms with Gasteiger partial charge < -0.3 is 5.32 Å². The molecular weight excluding hydrogens is 245 g/mol. The highest BCUT2D eigenvalue weighted by molar-refractivity contribution is 6.31. The standard InChI is InChI=1S/C11H19Cl2N3/c1-4-9-11(13)10(16(5-2)15-9)7-14-6-8(3)12/h8,14H,4-7H2,1-3H3. The predicted molar refractivity (Wildman–Crippen MR) is 69.3 cm³/mol. The van der Waals surface area contributed by atoms with Gasteiger partial charge in [0.05, 0.1) is 16.4 Å². The van der Waals surface area contributed by atoms with Crippen molar-refractivity contribution in [1.82, 2.24) is 15.1 Å². The summed E-state index contributed by atoms with van der Waals surface area (Å²) in [5.41, 5.74) is 2.03. The lowest BCUT2D eigenvalue weighted by atomic mass is 10.3. The summed E-state index contributed by atoms with van der Waals surface area (Å²) in [6, 6.07) is 0. The average molecular weight is 264 g/mol. The van der Waals surface area contributed by atoms with Crippen molar-refractivity contribution in [3.63, 3.8) is 0 Å². The highest BCUT2D eigenvalue weighted by Crippen LogP contribution is 2.21. The van der Waals surface area contributed by atoms with Gasteiger partial charge >= 0.3 is 0 Å². The molecular formula is C11H19Cl2N3. The lowest BCUT2D eigenvalue weighted by molar-refractivity contribution is 0.577. The third-order valence-electron chi connectivity index (χ3n) is 2.41. The van der Waals surface area contributed by atoms with Crippen molar-refractivity contribution in [2.45, 2.75) is 45.7 Å². The van der Waals surface area contributed by atoms with Crippen LogP contribution in [0.1, 0.15) is 32.2 Å². The lowest BCUT2D eigenvalue weighted by Gasteiger charge is -2.08. The molecule has 0 spiro atoms. The number of aromatic nitrogens is 2. The Morgan fingerprint density at radius 3 is 2.62 bits per heavy atom. The van der Waals surface area contributed by atoms with Crippen LogP contribution in [0.5, 0.6) is 0 Å². The van der Waals surface area contributed by atoms with Crippen molar-refractivity contribution in [2.24, 2.45) is 0 Å². The van der Waals surface area contributed by atoms with E-state index < -0.39 is 0 Å². The van der Waals surface area contributed by atoms with Crippen molar-refractivity contribution in [1.29, 1.82) is 0 Å². The molecule has 0 aromatic carbocycles. The van der Waals surface area contributed by atoms with E-state index >= 15 is 0 Å². The monoisotopic (exact) mass is 263 g/mol. The van der Waals surface area contributed by atoms with Crippen LogP contribution in [-0.4, -0.2) is 21.7 Å². The molecule has 1 unspecified atom stereocenters. The van der Waals surface area contributed by atoms with Crippen LogP contribution in [0, 0.1) is 0 Å². The highest BCUT2D eigenvalue weighted by Gasteiger charge is 2.13. The summed E-state index contributed by atoms with van der Waals surface area (Å²) < 4.78 is 1.95. The molecule has 0 saturated carbocycles. The Bertz CT molecular complexity index is 334. The van der Waals surface area contributed by atoms with Gasteiger partial charge in [-0.25, -0.2) is 0 Å². The van der Waals surface area contributed by atoms with Crippen LogP contribution in [0.25, 0.3) is 0 Å². The number of hydrogen-bond donors (Lipinski definition) is 1. The Labute approximate surface area is 107 Å². The second kappa shape index (κ2) is 6.48. The summed E-state index contributed by atoms with van der Waals surface area (Å²) >= 11 is 12.1. The predicted octanol–water partition coefficient (Wildman–Crippen LogP) is 2.84. The van der Waals surface area contributed by atoms with Crippen LogP contribution in [-0.2, 0) is 19.5 Å². The van der Waals surface area contributed by atoms with Gasteiger partial charge in [0.15, 0.2) is 0 Å². The van der Waals surface area contributed by atoms with Crippen LogP contribution in [0.15, 0.2) is 0 Å². The van der Waals surface area contributed by atoms with E-state index in [1.165, 1.54) is 0 Å². The van der Waals surface area contributed by atoms with Crippen molar-refractivity contribution < 1.29 is 0 Å². The Morgan fingerprint density at radius 2 is 2.12 bits per heavy atom. The number of hydrogen-bond acceptors (Lipinski definition) is 2. The van der Waals surface area contributed by atoms with Gasteiger partial charge in [-0.2, -0.15) is 5.10 Å². The molecule has 3 nitrogen and oxygen atoms in total. The van der Waals surface area contributed by atoms with Crippen LogP contribution in [0.4, 0.5) is 0 Å². The van der Waals surface area contributed by atoms with E-state index in [9.17, 15) is 0 Å². The Kier molecular flexibility index (Phi) is 5.59. The van der Waals surface area contributed by atoms with Gasteiger partial charge in [0.2, 0.25) is 0 Å². The van der Waals surface area contributed by atoms with Crippen molar-refractivity contribution in [3.8, 4) is 0 Å². The number of nitrogens with one attached hydrogen (secondary N) is 1. The zero-order valence-corrected chi connectivity index (χ0v) is 11.6. The molecule has 1 heterocycles. The highest BCUT2D eigenvalue weighted by atomic mass is 35.5. The molecule has 0 aliphatic carbocycles. The maximum Gasteiger partial charge on any atom is 0.0863 e. The zero-order valence-electron chi connectivity index (χ0n) is 10.1. The Hall–Kier alpha value is -0.250. The summed E-state index contributed by atoms with van der Waals surface area (Å²) in [4.78, 5) is 0. The van der Waals surface area contributed by atoms with Gasteiger partial charge in [-0.15, -0.1) is 11.6 Å². The van der Waals surface area contributed by atoms with E-state index in [4.69, 9.17) is 23.2 Å². The van der Waals surface area contributed by atoms with Crippen LogP contribution in [0.3, 0.4) is 0 Å². The summed E-state index contributed by atoms with van der Waals surface area (Å²) in [5, 5.41) is 8.65. The first-order valence-electron chi connectivity index (χ1n) is 5.68. The summed E-state index contributed by atoms with van der Waals surface area (Å²) in [7, 11) is 0. The van der Waals surface area contributed by atoms with E-state index in [0.29, 0.717) is 0 Å². The largest absolute Gasteiger partial charge is 0.310 e. The Balaban J connectivity index is 2.73. The number of halogens is 2. The van der Waals surface area contributed by atoms with Gasteiger partial charge in [-0.05, 0) is 20.3 Å². The number of nitrogens with zero attached hydrogens (tertiary/aromatic N) is 2. The minimum Gasteiger partial charge on any atom is -0.310 e. The molecule has 1 N–H and O–H groups in total. The summed E-state index contributed by atoms with van der Waals surface area (Å²) in [6.45, 7) is 8.42. The molecule has 0 radical (unpaired) electrons. The Morgan fingerprint density at radius 1 is 1.44 bits per heavy atom. The third kappa shape index (κ3) is 3.37. The summed E-state index contributed by atoms with van der Waals surface area (Å²) in [5.74, 6) is 0. The molecule has 0 aliphatic heterocycles. The fourth-order valence-corrected chi connectivity index (χ4v) is 2.02. The molecule has 92 valence electrons. The van der Waals surface area contributed by atoms with Gasteiger partial charge in [-0.1, -0.05) is 18.5 Å². The second-order valence-electron chi connectivity index (χ2n) is 3.79. The van der Waals surface area contributed by atoms with E-state index in [1.807, 2.05) is 11.6 Å². The second-order valence-corrected chi connectivity index (χ2v) is 4.91. The molecule has 1 aromatic heterocycles. The molecule has 0 saturated heterocycles. The molecule has 0 amide bonds. The van der Waals surface area contributed by atoms with Crippen molar-refractivity contribution in [2.75, 3.05) is 6.54 Å². The zero-order chi connectivity index (χ0) is 12.1. The first-order chi connectivity index (χ1) is 7.60. The van der Waals surface area contributed by atoms with Gasteiger partial charge in [0, 0.05) is 25.0 Å². The van der Waals surface area contributed by atoms with Gasteiger partial charge in [0.25, 0.3) is 0 Å².